The lowest BCUT2D eigenvalue weighted by atomic mass is 9.80. The summed E-state index contributed by atoms with van der Waals surface area (Å²) in [5, 5.41) is 7.09. The maximum absolute atomic E-state index is 11.3. The molecule has 22 heavy (non-hydrogen) atoms. The average molecular weight is 326 g/mol. The lowest BCUT2D eigenvalue weighted by molar-refractivity contribution is 0.143. The number of hydrogen-bond acceptors (Lipinski definition) is 5. The second-order valence-corrected chi connectivity index (χ2v) is 8.08. The van der Waals surface area contributed by atoms with E-state index in [1.807, 2.05) is 20.9 Å². The highest BCUT2D eigenvalue weighted by Crippen LogP contribution is 2.34. The molecule has 0 amide bonds. The number of nitrogens with zero attached hydrogens (tertiary/aromatic N) is 2. The van der Waals surface area contributed by atoms with E-state index in [-0.39, 0.29) is 11.7 Å². The summed E-state index contributed by atoms with van der Waals surface area (Å²) in [4.78, 5) is 6.15. The summed E-state index contributed by atoms with van der Waals surface area (Å²) in [6.45, 7) is 3.83. The Bertz CT molecular complexity index is 599. The van der Waals surface area contributed by atoms with Gasteiger partial charge in [-0.15, -0.1) is 0 Å². The monoisotopic (exact) mass is 326 g/mol. The second-order valence-electron chi connectivity index (χ2n) is 5.90. The molecule has 0 atom stereocenters. The summed E-state index contributed by atoms with van der Waals surface area (Å²) >= 11 is 0. The van der Waals surface area contributed by atoms with E-state index in [1.165, 1.54) is 12.5 Å². The lowest BCUT2D eigenvalue weighted by Crippen LogP contribution is -2.44. The van der Waals surface area contributed by atoms with Gasteiger partial charge in [-0.1, -0.05) is 0 Å². The van der Waals surface area contributed by atoms with E-state index < -0.39 is 9.84 Å². The first kappa shape index (κ1) is 18.4. The van der Waals surface area contributed by atoms with Crippen LogP contribution >= 0.6 is 0 Å². The minimum atomic E-state index is -2.90. The van der Waals surface area contributed by atoms with Crippen molar-refractivity contribution in [2.75, 3.05) is 19.1 Å². The SMILES string of the molecule is CC(=NC=N)C(/C=C\N)=C(\C)N(C)C1CC(CS(C)(=O)=O)C1. The highest BCUT2D eigenvalue weighted by Gasteiger charge is 2.34. The molecule has 6 nitrogen and oxygen atoms in total. The van der Waals surface area contributed by atoms with Gasteiger partial charge in [0.25, 0.3) is 0 Å². The Balaban J connectivity index is 2.83. The van der Waals surface area contributed by atoms with Gasteiger partial charge < -0.3 is 10.6 Å². The van der Waals surface area contributed by atoms with Crippen molar-refractivity contribution in [3.63, 3.8) is 0 Å². The number of nitrogens with one attached hydrogen (secondary N) is 1. The van der Waals surface area contributed by atoms with Crippen LogP contribution in [0.2, 0.25) is 0 Å². The number of rotatable bonds is 7. The number of allylic oxidation sites excluding steroid dienone is 3. The fourth-order valence-electron chi connectivity index (χ4n) is 2.81. The first-order chi connectivity index (χ1) is 10.2. The smallest absolute Gasteiger partial charge is 0.147 e. The first-order valence-electron chi connectivity index (χ1n) is 7.23. The molecule has 1 aliphatic carbocycles. The van der Waals surface area contributed by atoms with Gasteiger partial charge in [-0.25, -0.2) is 13.4 Å². The molecule has 1 fully saturated rings. The Morgan fingerprint density at radius 1 is 1.41 bits per heavy atom. The van der Waals surface area contributed by atoms with Crippen LogP contribution in [0.3, 0.4) is 0 Å². The highest BCUT2D eigenvalue weighted by molar-refractivity contribution is 7.90. The van der Waals surface area contributed by atoms with E-state index in [2.05, 4.69) is 9.89 Å². The summed E-state index contributed by atoms with van der Waals surface area (Å²) in [5.41, 5.74) is 8.14. The van der Waals surface area contributed by atoms with E-state index >= 15 is 0 Å². The zero-order valence-corrected chi connectivity index (χ0v) is 14.5. The first-order valence-corrected chi connectivity index (χ1v) is 9.29. The van der Waals surface area contributed by atoms with Crippen LogP contribution in [0.15, 0.2) is 28.5 Å². The fraction of sp³-hybridized carbons (Fsp3) is 0.600. The topological polar surface area (TPSA) is 99.6 Å². The zero-order chi connectivity index (χ0) is 16.9. The van der Waals surface area contributed by atoms with Gasteiger partial charge in [0.05, 0.1) is 5.75 Å². The van der Waals surface area contributed by atoms with E-state index in [9.17, 15) is 8.42 Å². The van der Waals surface area contributed by atoms with Crippen LogP contribution in [0.4, 0.5) is 0 Å². The minimum Gasteiger partial charge on any atom is -0.405 e. The van der Waals surface area contributed by atoms with Gasteiger partial charge in [-0.2, -0.15) is 0 Å². The lowest BCUT2D eigenvalue weighted by Gasteiger charge is -2.43. The van der Waals surface area contributed by atoms with Crippen LogP contribution in [0.5, 0.6) is 0 Å². The molecule has 0 aliphatic heterocycles. The molecule has 0 aromatic carbocycles. The molecule has 0 spiro atoms. The Labute approximate surface area is 133 Å². The van der Waals surface area contributed by atoms with Crippen molar-refractivity contribution >= 4 is 21.9 Å². The fourth-order valence-corrected chi connectivity index (χ4v) is 3.94. The molecule has 1 rings (SSSR count). The normalized spacial score (nSPS) is 23.9. The highest BCUT2D eigenvalue weighted by atomic mass is 32.2. The third-order valence-corrected chi connectivity index (χ3v) is 5.20. The summed E-state index contributed by atoms with van der Waals surface area (Å²) in [7, 11) is -0.903. The zero-order valence-electron chi connectivity index (χ0n) is 13.7. The number of sulfone groups is 1. The van der Waals surface area contributed by atoms with Gasteiger partial charge in [-0.3, -0.25) is 5.41 Å². The van der Waals surface area contributed by atoms with E-state index in [0.29, 0.717) is 6.04 Å². The third kappa shape index (κ3) is 4.98. The molecule has 0 aromatic heterocycles. The van der Waals surface area contributed by atoms with Crippen LogP contribution in [-0.4, -0.2) is 50.5 Å². The molecule has 0 unspecified atom stereocenters. The van der Waals surface area contributed by atoms with Crippen molar-refractivity contribution in [3.8, 4) is 0 Å². The molecule has 124 valence electrons. The van der Waals surface area contributed by atoms with Crippen LogP contribution in [0, 0.1) is 11.3 Å². The van der Waals surface area contributed by atoms with Crippen LogP contribution in [0.1, 0.15) is 26.7 Å². The molecule has 1 saturated carbocycles. The van der Waals surface area contributed by atoms with Crippen molar-refractivity contribution in [2.45, 2.75) is 32.7 Å². The van der Waals surface area contributed by atoms with Gasteiger partial charge in [0.1, 0.15) is 16.2 Å². The van der Waals surface area contributed by atoms with Gasteiger partial charge in [0.2, 0.25) is 0 Å². The summed E-state index contributed by atoms with van der Waals surface area (Å²) in [5.74, 6) is 0.518. The summed E-state index contributed by atoms with van der Waals surface area (Å²) in [6, 6.07) is 0.334. The van der Waals surface area contributed by atoms with Crippen molar-refractivity contribution in [1.82, 2.24) is 4.90 Å². The largest absolute Gasteiger partial charge is 0.405 e. The van der Waals surface area contributed by atoms with Crippen molar-refractivity contribution in [3.05, 3.63) is 23.5 Å². The standard InChI is InChI=1S/C15H26N4O2S/c1-11(18-10-17)15(5-6-16)12(2)19(3)14-7-13(8-14)9-22(4,20)21/h5-6,10,13-14,17H,7-9,16H2,1-4H3/b6-5-,15-12+,17-10?,18-11?. The summed E-state index contributed by atoms with van der Waals surface area (Å²) in [6.07, 6.45) is 7.29. The third-order valence-electron chi connectivity index (χ3n) is 4.13. The van der Waals surface area contributed by atoms with Crippen molar-refractivity contribution in [1.29, 1.82) is 5.41 Å². The molecule has 0 bridgehead atoms. The van der Waals surface area contributed by atoms with E-state index in [1.54, 1.807) is 6.08 Å². The van der Waals surface area contributed by atoms with Crippen molar-refractivity contribution < 1.29 is 8.42 Å². The molecule has 3 N–H and O–H groups in total. The quantitative estimate of drug-likeness (QED) is 0.421. The van der Waals surface area contributed by atoms with Gasteiger partial charge >= 0.3 is 0 Å². The van der Waals surface area contributed by atoms with Gasteiger partial charge in [-0.05, 0) is 44.9 Å². The second kappa shape index (κ2) is 7.58. The van der Waals surface area contributed by atoms with Crippen molar-refractivity contribution in [2.24, 2.45) is 16.6 Å². The molecule has 0 radical (unpaired) electrons. The summed E-state index contributed by atoms with van der Waals surface area (Å²) < 4.78 is 22.6. The molecular weight excluding hydrogens is 300 g/mol. The molecule has 0 aromatic rings. The molecule has 0 saturated heterocycles. The maximum Gasteiger partial charge on any atom is 0.147 e. The molecule has 0 heterocycles. The number of hydrogen-bond donors (Lipinski definition) is 2. The predicted molar refractivity (Wildman–Crippen MR) is 91.9 cm³/mol. The van der Waals surface area contributed by atoms with Crippen LogP contribution < -0.4 is 5.73 Å². The number of nitrogens with two attached hydrogens (primary N) is 1. The molecular formula is C15H26N4O2S. The Morgan fingerprint density at radius 2 is 2.00 bits per heavy atom. The minimum absolute atomic E-state index is 0.250. The van der Waals surface area contributed by atoms with E-state index in [4.69, 9.17) is 11.1 Å². The number of aliphatic imine (C=N–C) groups is 1. The molecule has 1 aliphatic rings. The van der Waals surface area contributed by atoms with Crippen LogP contribution in [-0.2, 0) is 9.84 Å². The average Bonchev–Trinajstić information content (AvgIpc) is 2.37. The Morgan fingerprint density at radius 3 is 2.45 bits per heavy atom. The van der Waals surface area contributed by atoms with Gasteiger partial charge in [0, 0.05) is 36.3 Å². The Hall–Kier alpha value is -1.63. The molecule has 7 heteroatoms. The van der Waals surface area contributed by atoms with Gasteiger partial charge in [0.15, 0.2) is 0 Å². The van der Waals surface area contributed by atoms with E-state index in [0.717, 1.165) is 36.2 Å². The van der Waals surface area contributed by atoms with Crippen LogP contribution in [0.25, 0.3) is 0 Å². The predicted octanol–water partition coefficient (Wildman–Crippen LogP) is 1.56. The maximum atomic E-state index is 11.3. The Kier molecular flexibility index (Phi) is 6.34.